The average Bonchev–Trinajstić information content (AvgIpc) is 2.54. The fraction of sp³-hybridized carbons (Fsp3) is 0.0526. The summed E-state index contributed by atoms with van der Waals surface area (Å²) in [5, 5.41) is 1.36. The molecule has 22 heavy (non-hydrogen) atoms. The van der Waals surface area contributed by atoms with E-state index in [4.69, 9.17) is 23.2 Å². The van der Waals surface area contributed by atoms with Crippen LogP contribution in [-0.4, -0.2) is 21.8 Å². The molecule has 3 rings (SSSR count). The van der Waals surface area contributed by atoms with E-state index in [1.807, 2.05) is 12.1 Å². The number of hydrogen-bond acceptors (Lipinski definition) is 0. The molecule has 0 nitrogen and oxygen atoms in total. The molecular weight excluding hydrogens is 508 g/mol. The van der Waals surface area contributed by atoms with Crippen LogP contribution >= 0.6 is 23.2 Å². The Labute approximate surface area is 149 Å². The van der Waals surface area contributed by atoms with Crippen LogP contribution in [0.15, 0.2) is 72.8 Å². The fourth-order valence-electron chi connectivity index (χ4n) is 2.46. The number of rotatable bonds is 3. The van der Waals surface area contributed by atoms with Crippen molar-refractivity contribution < 1.29 is 0 Å². The van der Waals surface area contributed by atoms with Gasteiger partial charge < -0.3 is 0 Å². The maximum atomic E-state index is 6.56. The van der Waals surface area contributed by atoms with E-state index >= 15 is 0 Å². The molecule has 0 unspecified atom stereocenters. The zero-order chi connectivity index (χ0) is 15.5. The first-order valence-corrected chi connectivity index (χ1v) is 13.0. The normalized spacial score (nSPS) is 10.9. The number of benzene rings is 3. The van der Waals surface area contributed by atoms with Gasteiger partial charge in [0.15, 0.2) is 0 Å². The van der Waals surface area contributed by atoms with Crippen LogP contribution in [-0.2, 0) is 0 Å². The molecule has 0 amide bonds. The van der Waals surface area contributed by atoms with Crippen molar-refractivity contribution in [3.63, 3.8) is 0 Å². The van der Waals surface area contributed by atoms with E-state index in [2.05, 4.69) is 67.6 Å². The molecule has 0 saturated heterocycles. The van der Waals surface area contributed by atoms with Crippen LogP contribution in [0.3, 0.4) is 0 Å². The molecular formula is C19H15BiCl2. The van der Waals surface area contributed by atoms with Gasteiger partial charge in [-0.3, -0.25) is 0 Å². The number of hydrogen-bond donors (Lipinski definition) is 0. The third-order valence-electron chi connectivity index (χ3n) is 3.54. The fourth-order valence-corrected chi connectivity index (χ4v) is 13.5. The molecule has 0 N–H and O–H groups in total. The van der Waals surface area contributed by atoms with Gasteiger partial charge in [0.05, 0.1) is 0 Å². The third kappa shape index (κ3) is 3.23. The Bertz CT molecular complexity index is 784. The summed E-state index contributed by atoms with van der Waals surface area (Å²) in [7, 11) is 0. The molecule has 3 aromatic rings. The molecule has 110 valence electrons. The maximum absolute atomic E-state index is 6.56. The van der Waals surface area contributed by atoms with Gasteiger partial charge in [0.25, 0.3) is 0 Å². The monoisotopic (exact) mass is 522 g/mol. The van der Waals surface area contributed by atoms with Gasteiger partial charge in [-0.15, -0.1) is 0 Å². The zero-order valence-corrected chi connectivity index (χ0v) is 17.1. The van der Waals surface area contributed by atoms with Crippen LogP contribution in [0.5, 0.6) is 0 Å². The summed E-state index contributed by atoms with van der Waals surface area (Å²) in [6.45, 7) is 2.18. The van der Waals surface area contributed by atoms with Crippen LogP contribution in [0.25, 0.3) is 0 Å². The van der Waals surface area contributed by atoms with E-state index in [0.29, 0.717) is 10.0 Å². The van der Waals surface area contributed by atoms with E-state index in [1.54, 1.807) is 0 Å². The molecule has 0 radical (unpaired) electrons. The molecule has 0 aromatic heterocycles. The molecule has 0 fully saturated rings. The summed E-state index contributed by atoms with van der Waals surface area (Å²) < 4.78 is 4.11. The Hall–Kier alpha value is -0.877. The van der Waals surface area contributed by atoms with Gasteiger partial charge >= 0.3 is 150 Å². The molecule has 0 atom stereocenters. The summed E-state index contributed by atoms with van der Waals surface area (Å²) in [5.74, 6) is 0. The van der Waals surface area contributed by atoms with E-state index in [9.17, 15) is 0 Å². The Morgan fingerprint density at radius 3 is 2.05 bits per heavy atom. The van der Waals surface area contributed by atoms with Crippen LogP contribution < -0.4 is 9.81 Å². The van der Waals surface area contributed by atoms with Crippen LogP contribution in [0, 0.1) is 6.92 Å². The van der Waals surface area contributed by atoms with Gasteiger partial charge in [0.2, 0.25) is 0 Å². The van der Waals surface area contributed by atoms with Gasteiger partial charge in [-0.05, 0) is 0 Å². The van der Waals surface area contributed by atoms with Crippen LogP contribution in [0.4, 0.5) is 0 Å². The van der Waals surface area contributed by atoms with Gasteiger partial charge in [0.1, 0.15) is 0 Å². The van der Waals surface area contributed by atoms with Gasteiger partial charge in [-0.1, -0.05) is 0 Å². The quantitative estimate of drug-likeness (QED) is 0.459. The van der Waals surface area contributed by atoms with Gasteiger partial charge in [0, 0.05) is 0 Å². The Balaban J connectivity index is 2.25. The molecule has 3 heteroatoms. The second kappa shape index (κ2) is 7.13. The van der Waals surface area contributed by atoms with E-state index in [0.717, 1.165) is 0 Å². The molecule has 0 aliphatic rings. The predicted octanol–water partition coefficient (Wildman–Crippen LogP) is 3.82. The second-order valence-corrected chi connectivity index (χ2v) is 14.2. The first-order valence-electron chi connectivity index (χ1n) is 7.03. The van der Waals surface area contributed by atoms with Crippen molar-refractivity contribution in [2.75, 3.05) is 0 Å². The van der Waals surface area contributed by atoms with E-state index in [1.165, 1.54) is 15.4 Å². The van der Waals surface area contributed by atoms with Gasteiger partial charge in [-0.2, -0.15) is 0 Å². The van der Waals surface area contributed by atoms with Crippen molar-refractivity contribution in [2.45, 2.75) is 6.92 Å². The van der Waals surface area contributed by atoms with E-state index in [-0.39, 0.29) is 0 Å². The Morgan fingerprint density at radius 1 is 0.682 bits per heavy atom. The van der Waals surface area contributed by atoms with Gasteiger partial charge in [-0.25, -0.2) is 0 Å². The SMILES string of the molecule is Cc1cccc[c]1[Bi]([c]1ccccc1)[c]1cccc(Cl)c1Cl. The third-order valence-corrected chi connectivity index (χ3v) is 15.2. The van der Waals surface area contributed by atoms with Crippen molar-refractivity contribution in [1.82, 2.24) is 0 Å². The molecule has 0 heterocycles. The van der Waals surface area contributed by atoms with Crippen LogP contribution in [0.2, 0.25) is 10.0 Å². The van der Waals surface area contributed by atoms with Crippen molar-refractivity contribution in [1.29, 1.82) is 0 Å². The second-order valence-electron chi connectivity index (χ2n) is 5.03. The summed E-state index contributed by atoms with van der Waals surface area (Å²) in [4.78, 5) is 0. The topological polar surface area (TPSA) is 0 Å². The minimum atomic E-state index is -2.43. The summed E-state index contributed by atoms with van der Waals surface area (Å²) in [5.41, 5.74) is 1.33. The first kappa shape index (κ1) is 16.0. The number of halogens is 2. The molecule has 0 aliphatic carbocycles. The average molecular weight is 523 g/mol. The van der Waals surface area contributed by atoms with Crippen molar-refractivity contribution in [3.05, 3.63) is 88.4 Å². The molecule has 0 spiro atoms. The van der Waals surface area contributed by atoms with E-state index < -0.39 is 21.8 Å². The van der Waals surface area contributed by atoms with Crippen molar-refractivity contribution in [3.8, 4) is 0 Å². The first-order chi connectivity index (χ1) is 10.7. The number of aryl methyl sites for hydroxylation is 1. The van der Waals surface area contributed by atoms with Crippen molar-refractivity contribution in [2.24, 2.45) is 0 Å². The molecule has 0 aliphatic heterocycles. The molecule has 0 saturated carbocycles. The minimum absolute atomic E-state index is 0.642. The molecule has 0 bridgehead atoms. The van der Waals surface area contributed by atoms with Crippen LogP contribution in [0.1, 0.15) is 5.56 Å². The summed E-state index contributed by atoms with van der Waals surface area (Å²) in [6.07, 6.45) is 0. The standard InChI is InChI=1S/C7H7.C6H3Cl2.C6H5.Bi/c1-7-5-3-2-4-6-7;7-5-3-1-2-4-6(5)8;1-2-4-6-5-3-1;/h2-5H,1H3;1-3H;1-5H;. The Morgan fingerprint density at radius 2 is 1.32 bits per heavy atom. The Kier molecular flexibility index (Phi) is 5.19. The zero-order valence-electron chi connectivity index (χ0n) is 12.1. The summed E-state index contributed by atoms with van der Waals surface area (Å²) in [6, 6.07) is 25.4. The molecule has 3 aromatic carbocycles. The van der Waals surface area contributed by atoms with Crippen molar-refractivity contribution >= 4 is 54.8 Å². The summed E-state index contributed by atoms with van der Waals surface area (Å²) >= 11 is 10.4. The predicted molar refractivity (Wildman–Crippen MR) is 98.7 cm³/mol.